The molecule has 3 nitrogen and oxygen atoms in total. The van der Waals surface area contributed by atoms with Crippen molar-refractivity contribution < 1.29 is 9.32 Å². The van der Waals surface area contributed by atoms with Gasteiger partial charge in [0.15, 0.2) is 0 Å². The van der Waals surface area contributed by atoms with E-state index in [1.807, 2.05) is 6.92 Å². The fourth-order valence-corrected chi connectivity index (χ4v) is 3.43. The average molecular weight is 286 g/mol. The highest BCUT2D eigenvalue weighted by Crippen LogP contribution is 2.23. The number of piperidine rings is 1. The Balaban J connectivity index is 2.05. The molecule has 1 aliphatic rings. The lowest BCUT2D eigenvalue weighted by Gasteiger charge is -2.30. The van der Waals surface area contributed by atoms with Crippen LogP contribution >= 0.6 is 0 Å². The second-order valence-electron chi connectivity index (χ2n) is 6.46. The van der Waals surface area contributed by atoms with Gasteiger partial charge >= 0.3 is 5.63 Å². The van der Waals surface area contributed by atoms with Crippen LogP contribution in [0.2, 0.25) is 0 Å². The fourth-order valence-electron chi connectivity index (χ4n) is 3.43. The van der Waals surface area contributed by atoms with Gasteiger partial charge in [-0.25, -0.2) is 4.79 Å². The highest BCUT2D eigenvalue weighted by Gasteiger charge is 2.23. The lowest BCUT2D eigenvalue weighted by atomic mass is 10.00. The largest absolute Gasteiger partial charge is 0.422 e. The minimum atomic E-state index is -0.227. The number of nitrogens with one attached hydrogen (secondary N) is 1. The highest BCUT2D eigenvalue weighted by molar-refractivity contribution is 5.83. The van der Waals surface area contributed by atoms with E-state index >= 15 is 0 Å². The lowest BCUT2D eigenvalue weighted by Crippen LogP contribution is -3.14. The molecule has 0 aliphatic carbocycles. The lowest BCUT2D eigenvalue weighted by molar-refractivity contribution is -0.941. The van der Waals surface area contributed by atoms with Crippen LogP contribution in [0, 0.1) is 13.8 Å². The molecule has 0 amide bonds. The van der Waals surface area contributed by atoms with Crippen molar-refractivity contribution in [3.63, 3.8) is 0 Å². The topological polar surface area (TPSA) is 34.7 Å². The van der Waals surface area contributed by atoms with E-state index in [-0.39, 0.29) is 5.63 Å². The molecule has 0 spiro atoms. The van der Waals surface area contributed by atoms with Gasteiger partial charge in [0.1, 0.15) is 12.1 Å². The summed E-state index contributed by atoms with van der Waals surface area (Å²) in [6, 6.07) is 6.58. The van der Waals surface area contributed by atoms with Gasteiger partial charge in [-0.05, 0) is 51.2 Å². The minimum absolute atomic E-state index is 0.227. The van der Waals surface area contributed by atoms with Gasteiger partial charge in [-0.15, -0.1) is 0 Å². The molecule has 2 atom stereocenters. The normalized spacial score (nSPS) is 22.6. The third kappa shape index (κ3) is 2.75. The molecule has 1 aliphatic heterocycles. The van der Waals surface area contributed by atoms with Crippen molar-refractivity contribution in [1.29, 1.82) is 0 Å². The first-order valence-electron chi connectivity index (χ1n) is 7.94. The number of hydrogen-bond acceptors (Lipinski definition) is 2. The fraction of sp³-hybridized carbons (Fsp3) is 0.500. The maximum Gasteiger partial charge on any atom is 0.336 e. The SMILES string of the molecule is Cc1ccc2c(C[NH+]3CCCC[C@@H]3C)cc(=O)oc2c1C. The summed E-state index contributed by atoms with van der Waals surface area (Å²) < 4.78 is 5.47. The Hall–Kier alpha value is -1.61. The molecule has 1 fully saturated rings. The van der Waals surface area contributed by atoms with Crippen LogP contribution in [0.3, 0.4) is 0 Å². The molecule has 1 N–H and O–H groups in total. The summed E-state index contributed by atoms with van der Waals surface area (Å²) in [5.41, 5.74) is 3.92. The summed E-state index contributed by atoms with van der Waals surface area (Å²) in [7, 11) is 0. The van der Waals surface area contributed by atoms with Crippen molar-refractivity contribution in [2.24, 2.45) is 0 Å². The molecule has 0 saturated carbocycles. The summed E-state index contributed by atoms with van der Waals surface area (Å²) in [4.78, 5) is 13.5. The van der Waals surface area contributed by atoms with Crippen molar-refractivity contribution in [3.05, 3.63) is 45.3 Å². The van der Waals surface area contributed by atoms with E-state index in [1.54, 1.807) is 11.0 Å². The first-order chi connectivity index (χ1) is 10.1. The number of hydrogen-bond donors (Lipinski definition) is 1. The Bertz CT molecular complexity index is 717. The number of quaternary nitrogens is 1. The number of aryl methyl sites for hydroxylation is 2. The number of rotatable bonds is 2. The molecular weight excluding hydrogens is 262 g/mol. The Morgan fingerprint density at radius 2 is 2.10 bits per heavy atom. The number of likely N-dealkylation sites (tertiary alicyclic amines) is 1. The molecule has 1 aromatic heterocycles. The summed E-state index contributed by atoms with van der Waals surface area (Å²) in [5, 5.41) is 1.10. The highest BCUT2D eigenvalue weighted by atomic mass is 16.4. The maximum atomic E-state index is 11.9. The Morgan fingerprint density at radius 3 is 2.86 bits per heavy atom. The average Bonchev–Trinajstić information content (AvgIpc) is 2.46. The zero-order chi connectivity index (χ0) is 15.0. The van der Waals surface area contributed by atoms with Crippen LogP contribution in [0.5, 0.6) is 0 Å². The van der Waals surface area contributed by atoms with Crippen molar-refractivity contribution in [2.75, 3.05) is 6.54 Å². The molecule has 0 bridgehead atoms. The Morgan fingerprint density at radius 1 is 1.29 bits per heavy atom. The van der Waals surface area contributed by atoms with Crippen LogP contribution in [0.15, 0.2) is 27.4 Å². The molecule has 21 heavy (non-hydrogen) atoms. The van der Waals surface area contributed by atoms with Crippen LogP contribution in [-0.4, -0.2) is 12.6 Å². The molecule has 3 heteroatoms. The third-order valence-corrected chi connectivity index (χ3v) is 5.02. The molecular formula is C18H24NO2+. The van der Waals surface area contributed by atoms with Gasteiger partial charge in [-0.1, -0.05) is 12.1 Å². The molecule has 1 unspecified atom stereocenters. The van der Waals surface area contributed by atoms with Gasteiger partial charge in [-0.3, -0.25) is 0 Å². The zero-order valence-electron chi connectivity index (χ0n) is 13.2. The van der Waals surface area contributed by atoms with Crippen molar-refractivity contribution in [3.8, 4) is 0 Å². The maximum absolute atomic E-state index is 11.9. The van der Waals surface area contributed by atoms with E-state index in [9.17, 15) is 4.79 Å². The standard InChI is InChI=1S/C18H23NO2/c1-12-7-8-16-15(10-17(20)21-18(16)14(12)3)11-19-9-5-4-6-13(19)2/h7-8,10,13H,4-6,9,11H2,1-3H3/p+1/t13-/m0/s1. The molecule has 112 valence electrons. The van der Waals surface area contributed by atoms with Gasteiger partial charge < -0.3 is 9.32 Å². The van der Waals surface area contributed by atoms with Gasteiger partial charge in [-0.2, -0.15) is 0 Å². The first kappa shape index (κ1) is 14.3. The van der Waals surface area contributed by atoms with Crippen molar-refractivity contribution >= 4 is 11.0 Å². The van der Waals surface area contributed by atoms with E-state index in [2.05, 4.69) is 26.0 Å². The molecule has 0 radical (unpaired) electrons. The van der Waals surface area contributed by atoms with Gasteiger partial charge in [0, 0.05) is 17.0 Å². The molecule has 1 aromatic carbocycles. The van der Waals surface area contributed by atoms with E-state index in [0.29, 0.717) is 6.04 Å². The van der Waals surface area contributed by atoms with Gasteiger partial charge in [0.25, 0.3) is 0 Å². The van der Waals surface area contributed by atoms with Crippen LogP contribution in [0.4, 0.5) is 0 Å². The molecule has 2 aromatic rings. The molecule has 2 heterocycles. The number of benzene rings is 1. The third-order valence-electron chi connectivity index (χ3n) is 5.02. The van der Waals surface area contributed by atoms with Crippen molar-refractivity contribution in [1.82, 2.24) is 0 Å². The Labute approximate surface area is 125 Å². The van der Waals surface area contributed by atoms with Crippen LogP contribution < -0.4 is 10.5 Å². The van der Waals surface area contributed by atoms with Crippen LogP contribution in [0.25, 0.3) is 11.0 Å². The quantitative estimate of drug-likeness (QED) is 0.860. The van der Waals surface area contributed by atoms with Crippen LogP contribution in [0.1, 0.15) is 42.9 Å². The van der Waals surface area contributed by atoms with E-state index in [1.165, 1.54) is 31.4 Å². The Kier molecular flexibility index (Phi) is 3.85. The monoisotopic (exact) mass is 286 g/mol. The second-order valence-corrected chi connectivity index (χ2v) is 6.46. The summed E-state index contributed by atoms with van der Waals surface area (Å²) >= 11 is 0. The minimum Gasteiger partial charge on any atom is -0.422 e. The van der Waals surface area contributed by atoms with E-state index < -0.39 is 0 Å². The summed E-state index contributed by atoms with van der Waals surface area (Å²) in [5.74, 6) is 0. The summed E-state index contributed by atoms with van der Waals surface area (Å²) in [6.07, 6.45) is 3.91. The van der Waals surface area contributed by atoms with E-state index in [0.717, 1.165) is 28.6 Å². The smallest absolute Gasteiger partial charge is 0.336 e. The van der Waals surface area contributed by atoms with E-state index in [4.69, 9.17) is 4.42 Å². The molecule has 1 saturated heterocycles. The van der Waals surface area contributed by atoms with Crippen LogP contribution in [-0.2, 0) is 6.54 Å². The predicted octanol–water partition coefficient (Wildman–Crippen LogP) is 2.37. The van der Waals surface area contributed by atoms with Crippen molar-refractivity contribution in [2.45, 2.75) is 52.6 Å². The molecule has 3 rings (SSSR count). The zero-order valence-corrected chi connectivity index (χ0v) is 13.2. The predicted molar refractivity (Wildman–Crippen MR) is 84.8 cm³/mol. The van der Waals surface area contributed by atoms with Gasteiger partial charge in [0.2, 0.25) is 0 Å². The summed E-state index contributed by atoms with van der Waals surface area (Å²) in [6.45, 7) is 8.52. The first-order valence-corrected chi connectivity index (χ1v) is 7.94. The van der Waals surface area contributed by atoms with Gasteiger partial charge in [0.05, 0.1) is 12.6 Å². The number of fused-ring (bicyclic) bond motifs is 1. The second kappa shape index (κ2) is 5.64.